The topological polar surface area (TPSA) is 0 Å². The van der Waals surface area contributed by atoms with Crippen LogP contribution in [0.15, 0.2) is 132 Å². The molecule has 1 fully saturated rings. The average Bonchev–Trinajstić information content (AvgIpc) is 3.85. The monoisotopic (exact) mass is 652 g/mol. The third-order valence-electron chi connectivity index (χ3n) is 10.2. The first-order valence-corrected chi connectivity index (χ1v) is 18.2. The van der Waals surface area contributed by atoms with Crippen LogP contribution in [0.5, 0.6) is 0 Å². The van der Waals surface area contributed by atoms with Gasteiger partial charge < -0.3 is 6.42 Å². The molecule has 0 aromatic heterocycles. The van der Waals surface area contributed by atoms with E-state index in [2.05, 4.69) is 154 Å². The summed E-state index contributed by atoms with van der Waals surface area (Å²) >= 11 is 0. The van der Waals surface area contributed by atoms with E-state index in [1.165, 1.54) is 112 Å². The van der Waals surface area contributed by atoms with Crippen LogP contribution < -0.4 is 0 Å². The van der Waals surface area contributed by atoms with Gasteiger partial charge in [-0.3, -0.25) is 0 Å². The molecule has 2 aliphatic carbocycles. The van der Waals surface area contributed by atoms with Crippen LogP contribution in [0.2, 0.25) is 12.1 Å². The molecule has 0 nitrogen and oxygen atoms in total. The second-order valence-corrected chi connectivity index (χ2v) is 14.6. The zero-order valence-electron chi connectivity index (χ0n) is 27.3. The van der Waals surface area contributed by atoms with Crippen molar-refractivity contribution in [3.8, 4) is 22.3 Å². The number of hydrogen-bond donors (Lipinski definition) is 0. The second kappa shape index (κ2) is 13.9. The van der Waals surface area contributed by atoms with Crippen LogP contribution in [0.1, 0.15) is 60.8 Å². The van der Waals surface area contributed by atoms with E-state index in [9.17, 15) is 0 Å². The molecule has 227 valence electrons. The molecule has 1 heterocycles. The van der Waals surface area contributed by atoms with Gasteiger partial charge in [0.1, 0.15) is 0 Å². The smallest absolute Gasteiger partial charge is 0.0377 e. The van der Waals surface area contributed by atoms with Gasteiger partial charge in [-0.2, -0.15) is 0 Å². The minimum absolute atomic E-state index is 0. The zero-order valence-corrected chi connectivity index (χ0v) is 30.1. The first kappa shape index (κ1) is 32.0. The van der Waals surface area contributed by atoms with Crippen LogP contribution in [0, 0.1) is 6.42 Å². The molecule has 47 heavy (non-hydrogen) atoms. The molecule has 0 bridgehead atoms. The minimum atomic E-state index is 0. The van der Waals surface area contributed by atoms with E-state index in [1.807, 2.05) is 0 Å². The maximum atomic E-state index is 2.59. The molecule has 0 amide bonds. The Morgan fingerprint density at radius 2 is 0.894 bits per heavy atom. The fourth-order valence-electron chi connectivity index (χ4n) is 7.87. The van der Waals surface area contributed by atoms with Crippen LogP contribution in [0.3, 0.4) is 0 Å². The fourth-order valence-corrected chi connectivity index (χ4v) is 9.12. The molecule has 1 saturated heterocycles. The van der Waals surface area contributed by atoms with E-state index in [0.29, 0.717) is 11.8 Å². The summed E-state index contributed by atoms with van der Waals surface area (Å²) in [4.78, 5) is 0. The summed E-state index contributed by atoms with van der Waals surface area (Å²) in [5.41, 5.74) is 13.7. The maximum Gasteiger partial charge on any atom is 0.0377 e. The van der Waals surface area contributed by atoms with E-state index in [0.717, 1.165) is 0 Å². The molecular formula is C45H39ScSi-. The SMILES string of the molecule is C1CC[Si]C1.CC1=Cc2c(-c3cccc4ccccc34)cccc2C1[CH-]C1C(C)=Cc2c(-c3cccc4ccccc34)cccc21.[Sc]. The predicted octanol–water partition coefficient (Wildman–Crippen LogP) is 12.6. The number of rotatable bonds is 4. The summed E-state index contributed by atoms with van der Waals surface area (Å²) in [6.07, 6.45) is 10.5. The van der Waals surface area contributed by atoms with Gasteiger partial charge in [-0.25, -0.2) is 0 Å². The van der Waals surface area contributed by atoms with Gasteiger partial charge in [0.2, 0.25) is 0 Å². The van der Waals surface area contributed by atoms with Crippen molar-refractivity contribution in [3.05, 3.63) is 161 Å². The van der Waals surface area contributed by atoms with Crippen molar-refractivity contribution in [1.82, 2.24) is 0 Å². The molecule has 0 N–H and O–H groups in total. The summed E-state index contributed by atoms with van der Waals surface area (Å²) in [5.74, 6) is 0.584. The van der Waals surface area contributed by atoms with Gasteiger partial charge in [0.15, 0.2) is 0 Å². The molecule has 6 aromatic carbocycles. The van der Waals surface area contributed by atoms with Gasteiger partial charge in [0, 0.05) is 35.4 Å². The number of fused-ring (bicyclic) bond motifs is 4. The van der Waals surface area contributed by atoms with Crippen molar-refractivity contribution in [1.29, 1.82) is 0 Å². The maximum absolute atomic E-state index is 2.59. The van der Waals surface area contributed by atoms with E-state index in [4.69, 9.17) is 0 Å². The summed E-state index contributed by atoms with van der Waals surface area (Å²) in [6.45, 7) is 4.60. The standard InChI is InChI=1S/C41H31.C4H8Si.Sc/c1-26-23-40-34(32-17-7-13-28-11-3-5-15-30(28)32)19-9-21-36(40)38(26)25-39-27(2)24-41-35(20-10-22-37(39)41)33-18-8-14-29-12-4-6-16-31(29)33;1-2-4-5-3-1;/h3-25,38-39H,1-2H3;1-4H2;/q-1;;. The Bertz CT molecular complexity index is 1980. The van der Waals surface area contributed by atoms with Crippen molar-refractivity contribution < 1.29 is 25.8 Å². The molecular weight excluding hydrogens is 614 g/mol. The van der Waals surface area contributed by atoms with Crippen LogP contribution >= 0.6 is 0 Å². The van der Waals surface area contributed by atoms with Crippen molar-refractivity contribution in [2.45, 2.75) is 50.6 Å². The predicted molar refractivity (Wildman–Crippen MR) is 200 cm³/mol. The van der Waals surface area contributed by atoms with E-state index >= 15 is 0 Å². The van der Waals surface area contributed by atoms with Crippen LogP contribution in [-0.2, 0) is 25.8 Å². The van der Waals surface area contributed by atoms with Gasteiger partial charge >= 0.3 is 0 Å². The largest absolute Gasteiger partial charge is 0.306 e. The van der Waals surface area contributed by atoms with E-state index in [1.54, 1.807) is 0 Å². The Labute approximate surface area is 301 Å². The molecule has 0 spiro atoms. The molecule has 6 aromatic rings. The molecule has 1 aliphatic heterocycles. The normalized spacial score (nSPS) is 17.7. The van der Waals surface area contributed by atoms with E-state index < -0.39 is 0 Å². The molecule has 3 radical (unpaired) electrons. The molecule has 3 aliphatic rings. The summed E-state index contributed by atoms with van der Waals surface area (Å²) in [7, 11) is 1.31. The van der Waals surface area contributed by atoms with E-state index in [-0.39, 0.29) is 25.8 Å². The van der Waals surface area contributed by atoms with Crippen molar-refractivity contribution in [2.24, 2.45) is 0 Å². The molecule has 0 saturated carbocycles. The van der Waals surface area contributed by atoms with Gasteiger partial charge in [0.25, 0.3) is 0 Å². The fraction of sp³-hybridized carbons (Fsp3) is 0.178. The summed E-state index contributed by atoms with van der Waals surface area (Å²) in [6, 6.07) is 47.6. The number of hydrogen-bond acceptors (Lipinski definition) is 0. The van der Waals surface area contributed by atoms with Crippen LogP contribution in [0.25, 0.3) is 56.0 Å². The van der Waals surface area contributed by atoms with Gasteiger partial charge in [-0.1, -0.05) is 181 Å². The Balaban J connectivity index is 0.000000538. The third-order valence-corrected chi connectivity index (χ3v) is 11.6. The molecule has 2 atom stereocenters. The summed E-state index contributed by atoms with van der Waals surface area (Å²) in [5, 5.41) is 5.20. The number of allylic oxidation sites excluding steroid dienone is 2. The first-order chi connectivity index (χ1) is 22.7. The Hall–Kier alpha value is -3.59. The molecule has 2 unspecified atom stereocenters. The van der Waals surface area contributed by atoms with Gasteiger partial charge in [-0.05, 0) is 68.8 Å². The molecule has 9 rings (SSSR count). The van der Waals surface area contributed by atoms with Crippen molar-refractivity contribution >= 4 is 43.2 Å². The van der Waals surface area contributed by atoms with Crippen molar-refractivity contribution in [2.75, 3.05) is 0 Å². The van der Waals surface area contributed by atoms with Crippen molar-refractivity contribution in [3.63, 3.8) is 0 Å². The molecule has 2 heteroatoms. The Morgan fingerprint density at radius 3 is 1.34 bits per heavy atom. The Kier molecular flexibility index (Phi) is 9.44. The quantitative estimate of drug-likeness (QED) is 0.131. The van der Waals surface area contributed by atoms with Crippen LogP contribution in [-0.4, -0.2) is 9.52 Å². The van der Waals surface area contributed by atoms with Crippen LogP contribution in [0.4, 0.5) is 0 Å². The third kappa shape index (κ3) is 6.00. The Morgan fingerprint density at radius 1 is 0.489 bits per heavy atom. The second-order valence-electron chi connectivity index (χ2n) is 13.1. The van der Waals surface area contributed by atoms with Gasteiger partial charge in [0.05, 0.1) is 0 Å². The average molecular weight is 653 g/mol. The minimum Gasteiger partial charge on any atom is -0.306 e. The summed E-state index contributed by atoms with van der Waals surface area (Å²) < 4.78 is 0. The number of benzene rings is 6. The van der Waals surface area contributed by atoms with Gasteiger partial charge in [-0.15, -0.1) is 11.8 Å². The zero-order chi connectivity index (χ0) is 31.0. The first-order valence-electron chi connectivity index (χ1n) is 16.8.